The SMILES string of the molecule is C/C=C(/C)C(OCc1ccccc1)OCc1ccccc1. The van der Waals surface area contributed by atoms with E-state index >= 15 is 0 Å². The van der Waals surface area contributed by atoms with Gasteiger partial charge < -0.3 is 9.47 Å². The Morgan fingerprint density at radius 3 is 1.67 bits per heavy atom. The zero-order valence-corrected chi connectivity index (χ0v) is 12.7. The summed E-state index contributed by atoms with van der Waals surface area (Å²) >= 11 is 0. The van der Waals surface area contributed by atoms with Crippen LogP contribution in [0.1, 0.15) is 25.0 Å². The number of hydrogen-bond donors (Lipinski definition) is 0. The summed E-state index contributed by atoms with van der Waals surface area (Å²) < 4.78 is 11.8. The minimum Gasteiger partial charge on any atom is -0.344 e. The van der Waals surface area contributed by atoms with Gasteiger partial charge in [-0.15, -0.1) is 0 Å². The molecule has 0 aliphatic heterocycles. The third kappa shape index (κ3) is 5.18. The van der Waals surface area contributed by atoms with Crippen molar-refractivity contribution in [2.24, 2.45) is 0 Å². The molecule has 0 N–H and O–H groups in total. The van der Waals surface area contributed by atoms with E-state index in [2.05, 4.69) is 24.3 Å². The smallest absolute Gasteiger partial charge is 0.180 e. The van der Waals surface area contributed by atoms with Gasteiger partial charge in [0.2, 0.25) is 0 Å². The van der Waals surface area contributed by atoms with Crippen LogP contribution in [0.4, 0.5) is 0 Å². The van der Waals surface area contributed by atoms with E-state index in [1.165, 1.54) is 0 Å². The second-order valence-corrected chi connectivity index (χ2v) is 4.96. The molecule has 0 saturated carbocycles. The summed E-state index contributed by atoms with van der Waals surface area (Å²) in [6.45, 7) is 5.12. The van der Waals surface area contributed by atoms with Crippen LogP contribution in [-0.2, 0) is 22.7 Å². The first-order chi connectivity index (χ1) is 10.3. The van der Waals surface area contributed by atoms with Gasteiger partial charge >= 0.3 is 0 Å². The maximum Gasteiger partial charge on any atom is 0.180 e. The predicted molar refractivity (Wildman–Crippen MR) is 85.7 cm³/mol. The molecule has 0 heterocycles. The molecule has 2 aromatic carbocycles. The van der Waals surface area contributed by atoms with E-state index in [9.17, 15) is 0 Å². The summed E-state index contributed by atoms with van der Waals surface area (Å²) in [4.78, 5) is 0. The van der Waals surface area contributed by atoms with Gasteiger partial charge in [0.05, 0.1) is 13.2 Å². The Hall–Kier alpha value is -1.90. The Bertz CT molecular complexity index is 503. The molecular formula is C19H22O2. The lowest BCUT2D eigenvalue weighted by atomic mass is 10.2. The van der Waals surface area contributed by atoms with Crippen molar-refractivity contribution in [1.29, 1.82) is 0 Å². The van der Waals surface area contributed by atoms with Crippen LogP contribution in [-0.4, -0.2) is 6.29 Å². The van der Waals surface area contributed by atoms with Gasteiger partial charge in [0.15, 0.2) is 6.29 Å². The van der Waals surface area contributed by atoms with Crippen molar-refractivity contribution < 1.29 is 9.47 Å². The van der Waals surface area contributed by atoms with Crippen molar-refractivity contribution >= 4 is 0 Å². The van der Waals surface area contributed by atoms with E-state index < -0.39 is 0 Å². The van der Waals surface area contributed by atoms with Crippen molar-refractivity contribution in [2.45, 2.75) is 33.4 Å². The topological polar surface area (TPSA) is 18.5 Å². The first-order valence-electron chi connectivity index (χ1n) is 7.23. The number of allylic oxidation sites excluding steroid dienone is 1. The first-order valence-corrected chi connectivity index (χ1v) is 7.23. The Labute approximate surface area is 127 Å². The molecule has 0 spiro atoms. The highest BCUT2D eigenvalue weighted by molar-refractivity contribution is 5.15. The van der Waals surface area contributed by atoms with Crippen LogP contribution in [0.25, 0.3) is 0 Å². The lowest BCUT2D eigenvalue weighted by molar-refractivity contribution is -0.133. The molecular weight excluding hydrogens is 260 g/mol. The lowest BCUT2D eigenvalue weighted by Gasteiger charge is -2.19. The molecule has 2 rings (SSSR count). The van der Waals surface area contributed by atoms with Crippen LogP contribution in [0.5, 0.6) is 0 Å². The van der Waals surface area contributed by atoms with E-state index in [4.69, 9.17) is 9.47 Å². The average Bonchev–Trinajstić information content (AvgIpc) is 2.56. The summed E-state index contributed by atoms with van der Waals surface area (Å²) in [5.74, 6) is 0. The summed E-state index contributed by atoms with van der Waals surface area (Å²) in [5, 5.41) is 0. The van der Waals surface area contributed by atoms with Crippen molar-refractivity contribution in [2.75, 3.05) is 0 Å². The minimum absolute atomic E-state index is 0.310. The van der Waals surface area contributed by atoms with Crippen LogP contribution >= 0.6 is 0 Å². The summed E-state index contributed by atoms with van der Waals surface area (Å²) in [6.07, 6.45) is 1.72. The Kier molecular flexibility index (Phi) is 6.20. The first kappa shape index (κ1) is 15.5. The van der Waals surface area contributed by atoms with Crippen molar-refractivity contribution in [3.63, 3.8) is 0 Å². The van der Waals surface area contributed by atoms with Crippen LogP contribution in [0, 0.1) is 0 Å². The molecule has 0 atom stereocenters. The Morgan fingerprint density at radius 2 is 1.29 bits per heavy atom. The third-order valence-electron chi connectivity index (χ3n) is 3.32. The largest absolute Gasteiger partial charge is 0.344 e. The second-order valence-electron chi connectivity index (χ2n) is 4.96. The summed E-state index contributed by atoms with van der Waals surface area (Å²) in [5.41, 5.74) is 3.38. The summed E-state index contributed by atoms with van der Waals surface area (Å²) in [7, 11) is 0. The zero-order chi connectivity index (χ0) is 14.9. The fourth-order valence-electron chi connectivity index (χ4n) is 1.94. The molecule has 0 saturated heterocycles. The van der Waals surface area contributed by atoms with Crippen LogP contribution in [0.2, 0.25) is 0 Å². The van der Waals surface area contributed by atoms with Gasteiger partial charge in [0.1, 0.15) is 0 Å². The Balaban J connectivity index is 1.92. The molecule has 21 heavy (non-hydrogen) atoms. The van der Waals surface area contributed by atoms with Crippen LogP contribution in [0.15, 0.2) is 72.3 Å². The van der Waals surface area contributed by atoms with Gasteiger partial charge in [0.25, 0.3) is 0 Å². The molecule has 0 bridgehead atoms. The Morgan fingerprint density at radius 1 is 0.857 bits per heavy atom. The van der Waals surface area contributed by atoms with Crippen molar-refractivity contribution in [1.82, 2.24) is 0 Å². The number of hydrogen-bond acceptors (Lipinski definition) is 2. The highest BCUT2D eigenvalue weighted by Gasteiger charge is 2.11. The molecule has 0 aliphatic carbocycles. The number of rotatable bonds is 7. The molecule has 0 unspecified atom stereocenters. The maximum atomic E-state index is 5.91. The highest BCUT2D eigenvalue weighted by atomic mass is 16.7. The van der Waals surface area contributed by atoms with Crippen molar-refractivity contribution in [3.05, 3.63) is 83.4 Å². The van der Waals surface area contributed by atoms with Gasteiger partial charge in [0, 0.05) is 0 Å². The quantitative estimate of drug-likeness (QED) is 0.541. The highest BCUT2D eigenvalue weighted by Crippen LogP contribution is 2.14. The standard InChI is InChI=1S/C19H22O2/c1-3-16(2)19(20-14-17-10-6-4-7-11-17)21-15-18-12-8-5-9-13-18/h3-13,19H,14-15H2,1-2H3/b16-3-. The van der Waals surface area contributed by atoms with E-state index in [0.29, 0.717) is 13.2 Å². The van der Waals surface area contributed by atoms with Gasteiger partial charge in [-0.1, -0.05) is 66.7 Å². The lowest BCUT2D eigenvalue weighted by Crippen LogP contribution is -2.18. The number of ether oxygens (including phenoxy) is 2. The van der Waals surface area contributed by atoms with Gasteiger partial charge in [-0.2, -0.15) is 0 Å². The molecule has 2 aromatic rings. The second kappa shape index (κ2) is 8.40. The number of benzene rings is 2. The van der Waals surface area contributed by atoms with Gasteiger partial charge in [-0.25, -0.2) is 0 Å². The van der Waals surface area contributed by atoms with Crippen LogP contribution in [0.3, 0.4) is 0 Å². The molecule has 0 fully saturated rings. The minimum atomic E-state index is -0.310. The monoisotopic (exact) mass is 282 g/mol. The van der Waals surface area contributed by atoms with E-state index in [0.717, 1.165) is 16.7 Å². The van der Waals surface area contributed by atoms with Crippen LogP contribution < -0.4 is 0 Å². The average molecular weight is 282 g/mol. The zero-order valence-electron chi connectivity index (χ0n) is 12.7. The van der Waals surface area contributed by atoms with E-state index in [1.807, 2.05) is 56.3 Å². The molecule has 0 radical (unpaired) electrons. The molecule has 0 amide bonds. The third-order valence-corrected chi connectivity index (χ3v) is 3.32. The normalized spacial score (nSPS) is 11.9. The molecule has 2 heteroatoms. The fourth-order valence-corrected chi connectivity index (χ4v) is 1.94. The maximum absolute atomic E-state index is 5.91. The van der Waals surface area contributed by atoms with E-state index in [-0.39, 0.29) is 6.29 Å². The molecule has 0 aliphatic rings. The van der Waals surface area contributed by atoms with Gasteiger partial charge in [-0.05, 0) is 30.5 Å². The molecule has 0 aromatic heterocycles. The van der Waals surface area contributed by atoms with E-state index in [1.54, 1.807) is 0 Å². The van der Waals surface area contributed by atoms with Crippen molar-refractivity contribution in [3.8, 4) is 0 Å². The summed E-state index contributed by atoms with van der Waals surface area (Å²) in [6, 6.07) is 20.3. The molecule has 2 nitrogen and oxygen atoms in total. The fraction of sp³-hybridized carbons (Fsp3) is 0.263. The predicted octanol–water partition coefficient (Wildman–Crippen LogP) is 4.71. The van der Waals surface area contributed by atoms with Gasteiger partial charge in [-0.3, -0.25) is 0 Å². The molecule has 110 valence electrons.